The molecule has 3 N–H and O–H groups in total. The van der Waals surface area contributed by atoms with Crippen molar-refractivity contribution in [3.05, 3.63) is 64.4 Å². The summed E-state index contributed by atoms with van der Waals surface area (Å²) in [4.78, 5) is 29.0. The van der Waals surface area contributed by atoms with E-state index in [0.717, 1.165) is 15.9 Å². The van der Waals surface area contributed by atoms with E-state index in [1.165, 1.54) is 0 Å². The first-order valence-electron chi connectivity index (χ1n) is 9.29. The minimum Gasteiger partial charge on any atom is -0.352 e. The van der Waals surface area contributed by atoms with E-state index < -0.39 is 0 Å². The van der Waals surface area contributed by atoms with Crippen molar-refractivity contribution >= 4 is 33.4 Å². The van der Waals surface area contributed by atoms with Crippen molar-refractivity contribution in [1.82, 2.24) is 20.5 Å². The Kier molecular flexibility index (Phi) is 6.77. The van der Waals surface area contributed by atoms with Crippen molar-refractivity contribution in [2.75, 3.05) is 11.9 Å². The number of hydrogen-bond acceptors (Lipinski definition) is 4. The van der Waals surface area contributed by atoms with Crippen molar-refractivity contribution in [2.24, 2.45) is 0 Å². The number of amides is 2. The first-order chi connectivity index (χ1) is 13.9. The van der Waals surface area contributed by atoms with E-state index in [4.69, 9.17) is 0 Å². The standard InChI is InChI=1S/C21H22BrN5O2/c1-13(2)19-25-20(27-26-19)16-5-3-4-6-17(16)24-18(28)11-12-23-21(29)14-7-9-15(22)10-8-14/h3-10,13H,11-12H2,1-2H3,(H,23,29)(H,24,28)(H,25,26,27). The average molecular weight is 456 g/mol. The van der Waals surface area contributed by atoms with Gasteiger partial charge < -0.3 is 10.6 Å². The number of anilines is 1. The molecule has 2 amide bonds. The van der Waals surface area contributed by atoms with Gasteiger partial charge in [0.1, 0.15) is 5.82 Å². The van der Waals surface area contributed by atoms with Crippen molar-refractivity contribution in [1.29, 1.82) is 0 Å². The molecule has 0 fully saturated rings. The molecule has 0 aliphatic rings. The van der Waals surface area contributed by atoms with Gasteiger partial charge in [-0.25, -0.2) is 4.98 Å². The van der Waals surface area contributed by atoms with Gasteiger partial charge in [0.2, 0.25) is 5.91 Å². The summed E-state index contributed by atoms with van der Waals surface area (Å²) in [6.07, 6.45) is 0.155. The Balaban J connectivity index is 1.58. The zero-order valence-electron chi connectivity index (χ0n) is 16.2. The largest absolute Gasteiger partial charge is 0.352 e. The van der Waals surface area contributed by atoms with Crippen molar-refractivity contribution in [3.8, 4) is 11.4 Å². The first kappa shape index (κ1) is 20.7. The number of para-hydroxylation sites is 1. The zero-order valence-corrected chi connectivity index (χ0v) is 17.8. The second kappa shape index (κ2) is 9.47. The summed E-state index contributed by atoms with van der Waals surface area (Å²) in [5, 5.41) is 12.8. The van der Waals surface area contributed by atoms with Gasteiger partial charge in [-0.1, -0.05) is 41.9 Å². The Hall–Kier alpha value is -3.00. The number of halogens is 1. The molecule has 3 rings (SSSR count). The lowest BCUT2D eigenvalue weighted by atomic mass is 10.1. The minimum absolute atomic E-state index is 0.155. The maximum atomic E-state index is 12.4. The van der Waals surface area contributed by atoms with Gasteiger partial charge in [-0.3, -0.25) is 14.7 Å². The fourth-order valence-electron chi connectivity index (χ4n) is 2.65. The van der Waals surface area contributed by atoms with Gasteiger partial charge in [-0.15, -0.1) is 0 Å². The zero-order chi connectivity index (χ0) is 20.8. The lowest BCUT2D eigenvalue weighted by Gasteiger charge is -2.10. The monoisotopic (exact) mass is 455 g/mol. The fraction of sp³-hybridized carbons (Fsp3) is 0.238. The summed E-state index contributed by atoms with van der Waals surface area (Å²) in [6, 6.07) is 14.4. The summed E-state index contributed by atoms with van der Waals surface area (Å²) < 4.78 is 0.902. The molecule has 0 saturated heterocycles. The molecule has 0 unspecified atom stereocenters. The summed E-state index contributed by atoms with van der Waals surface area (Å²) in [5.41, 5.74) is 1.92. The number of carbonyl (C=O) groups excluding carboxylic acids is 2. The molecule has 2 aromatic carbocycles. The molecular weight excluding hydrogens is 434 g/mol. The second-order valence-electron chi connectivity index (χ2n) is 6.81. The van der Waals surface area contributed by atoms with E-state index in [9.17, 15) is 9.59 Å². The molecule has 1 aromatic heterocycles. The summed E-state index contributed by atoms with van der Waals surface area (Å²) in [5.74, 6) is 1.14. The maximum Gasteiger partial charge on any atom is 0.251 e. The average Bonchev–Trinajstić information content (AvgIpc) is 3.19. The Morgan fingerprint density at radius 2 is 1.83 bits per heavy atom. The SMILES string of the molecule is CC(C)c1nc(-c2ccccc2NC(=O)CCNC(=O)c2ccc(Br)cc2)n[nH]1. The smallest absolute Gasteiger partial charge is 0.251 e. The Morgan fingerprint density at radius 1 is 1.10 bits per heavy atom. The van der Waals surface area contributed by atoms with E-state index in [1.54, 1.807) is 30.3 Å². The van der Waals surface area contributed by atoms with E-state index in [-0.39, 0.29) is 30.7 Å². The highest BCUT2D eigenvalue weighted by Gasteiger charge is 2.14. The van der Waals surface area contributed by atoms with Crippen LogP contribution >= 0.6 is 15.9 Å². The van der Waals surface area contributed by atoms with Crippen LogP contribution in [0.25, 0.3) is 11.4 Å². The molecular formula is C21H22BrN5O2. The van der Waals surface area contributed by atoms with Crippen LogP contribution in [0.5, 0.6) is 0 Å². The number of aromatic nitrogens is 3. The number of carbonyl (C=O) groups is 2. The maximum absolute atomic E-state index is 12.4. The summed E-state index contributed by atoms with van der Waals surface area (Å²) >= 11 is 3.33. The molecule has 8 heteroatoms. The van der Waals surface area contributed by atoms with Gasteiger partial charge in [0.05, 0.1) is 5.69 Å². The Morgan fingerprint density at radius 3 is 2.52 bits per heavy atom. The molecule has 0 spiro atoms. The summed E-state index contributed by atoms with van der Waals surface area (Å²) in [6.45, 7) is 4.29. The third kappa shape index (κ3) is 5.51. The van der Waals surface area contributed by atoms with Gasteiger partial charge in [0.25, 0.3) is 5.91 Å². The van der Waals surface area contributed by atoms with E-state index in [1.807, 2.05) is 32.0 Å². The highest BCUT2D eigenvalue weighted by molar-refractivity contribution is 9.10. The number of nitrogens with zero attached hydrogens (tertiary/aromatic N) is 2. The number of benzene rings is 2. The quantitative estimate of drug-likeness (QED) is 0.498. The van der Waals surface area contributed by atoms with Gasteiger partial charge in [0.15, 0.2) is 5.82 Å². The molecule has 150 valence electrons. The normalized spacial score (nSPS) is 10.8. The second-order valence-corrected chi connectivity index (χ2v) is 7.72. The third-order valence-corrected chi connectivity index (χ3v) is 4.76. The fourth-order valence-corrected chi connectivity index (χ4v) is 2.91. The van der Waals surface area contributed by atoms with Crippen molar-refractivity contribution in [2.45, 2.75) is 26.2 Å². The molecule has 0 aliphatic carbocycles. The van der Waals surface area contributed by atoms with Gasteiger partial charge in [0, 0.05) is 34.5 Å². The Bertz CT molecular complexity index is 998. The van der Waals surface area contributed by atoms with Crippen LogP contribution < -0.4 is 10.6 Å². The van der Waals surface area contributed by atoms with Crippen LogP contribution in [0, 0.1) is 0 Å². The predicted molar refractivity (Wildman–Crippen MR) is 116 cm³/mol. The van der Waals surface area contributed by atoms with Crippen LogP contribution in [0.15, 0.2) is 53.0 Å². The minimum atomic E-state index is -0.215. The van der Waals surface area contributed by atoms with Crippen molar-refractivity contribution < 1.29 is 9.59 Å². The highest BCUT2D eigenvalue weighted by atomic mass is 79.9. The third-order valence-electron chi connectivity index (χ3n) is 4.24. The lowest BCUT2D eigenvalue weighted by molar-refractivity contribution is -0.116. The molecule has 3 aromatic rings. The molecule has 7 nitrogen and oxygen atoms in total. The van der Waals surface area contributed by atoms with Crippen LogP contribution in [-0.4, -0.2) is 33.5 Å². The highest BCUT2D eigenvalue weighted by Crippen LogP contribution is 2.26. The molecule has 0 aliphatic heterocycles. The molecule has 0 saturated carbocycles. The number of aromatic amines is 1. The molecule has 0 bridgehead atoms. The molecule has 1 heterocycles. The number of nitrogens with one attached hydrogen (secondary N) is 3. The number of rotatable bonds is 7. The molecule has 0 radical (unpaired) electrons. The van der Waals surface area contributed by atoms with Crippen LogP contribution in [0.1, 0.15) is 42.4 Å². The van der Waals surface area contributed by atoms with Crippen LogP contribution in [0.4, 0.5) is 5.69 Å². The number of H-pyrrole nitrogens is 1. The predicted octanol–water partition coefficient (Wildman–Crippen LogP) is 4.12. The van der Waals surface area contributed by atoms with Gasteiger partial charge in [-0.05, 0) is 36.4 Å². The molecule has 0 atom stereocenters. The van der Waals surface area contributed by atoms with E-state index in [2.05, 4.69) is 41.7 Å². The first-order valence-corrected chi connectivity index (χ1v) is 10.1. The lowest BCUT2D eigenvalue weighted by Crippen LogP contribution is -2.27. The van der Waals surface area contributed by atoms with Crippen LogP contribution in [-0.2, 0) is 4.79 Å². The molecule has 29 heavy (non-hydrogen) atoms. The van der Waals surface area contributed by atoms with E-state index >= 15 is 0 Å². The van der Waals surface area contributed by atoms with Gasteiger partial charge >= 0.3 is 0 Å². The number of hydrogen-bond donors (Lipinski definition) is 3. The van der Waals surface area contributed by atoms with Crippen molar-refractivity contribution in [3.63, 3.8) is 0 Å². The van der Waals surface area contributed by atoms with Crippen LogP contribution in [0.3, 0.4) is 0 Å². The van der Waals surface area contributed by atoms with Crippen LogP contribution in [0.2, 0.25) is 0 Å². The van der Waals surface area contributed by atoms with E-state index in [0.29, 0.717) is 17.1 Å². The Labute approximate surface area is 177 Å². The van der Waals surface area contributed by atoms with Gasteiger partial charge in [-0.2, -0.15) is 5.10 Å². The summed E-state index contributed by atoms with van der Waals surface area (Å²) in [7, 11) is 0. The topological polar surface area (TPSA) is 99.8 Å².